The molecule has 0 aliphatic heterocycles. The number of hydrogen-bond acceptors (Lipinski definition) is 4. The minimum atomic E-state index is -0.523. The van der Waals surface area contributed by atoms with Gasteiger partial charge in [0.1, 0.15) is 0 Å². The average Bonchev–Trinajstić information content (AvgIpc) is 2.43. The van der Waals surface area contributed by atoms with Crippen LogP contribution in [0, 0.1) is 12.7 Å². The topological polar surface area (TPSA) is 49.8 Å². The molecule has 1 aromatic carbocycles. The van der Waals surface area contributed by atoms with Gasteiger partial charge in [0, 0.05) is 6.54 Å². The Balaban J connectivity index is 2.25. The Hall–Kier alpha value is -1.88. The molecular weight excluding hydrogens is 279 g/mol. The first-order valence-corrected chi connectivity index (χ1v) is 6.77. The van der Waals surface area contributed by atoms with E-state index in [1.807, 2.05) is 26.0 Å². The maximum Gasteiger partial charge on any atom is 0.224 e. The molecule has 0 atom stereocenters. The lowest BCUT2D eigenvalue weighted by Crippen LogP contribution is -2.07. The van der Waals surface area contributed by atoms with E-state index in [-0.39, 0.29) is 5.82 Å². The first-order valence-electron chi connectivity index (χ1n) is 6.39. The van der Waals surface area contributed by atoms with Crippen LogP contribution in [0.1, 0.15) is 18.9 Å². The molecule has 0 saturated carbocycles. The number of anilines is 3. The second-order valence-corrected chi connectivity index (χ2v) is 4.83. The van der Waals surface area contributed by atoms with Crippen molar-refractivity contribution in [1.29, 1.82) is 0 Å². The Morgan fingerprint density at radius 2 is 2.15 bits per heavy atom. The molecule has 0 unspecified atom stereocenters. The highest BCUT2D eigenvalue weighted by Gasteiger charge is 2.09. The van der Waals surface area contributed by atoms with Crippen molar-refractivity contribution in [1.82, 2.24) is 9.97 Å². The SMILES string of the molecule is CCCNc1ncc(F)c(Nc2cc(C)ccc2Cl)n1. The lowest BCUT2D eigenvalue weighted by molar-refractivity contribution is 0.619. The predicted molar refractivity (Wildman–Crippen MR) is 80.2 cm³/mol. The normalized spacial score (nSPS) is 10.4. The number of hydrogen-bond donors (Lipinski definition) is 2. The van der Waals surface area contributed by atoms with Gasteiger partial charge < -0.3 is 10.6 Å². The summed E-state index contributed by atoms with van der Waals surface area (Å²) < 4.78 is 13.8. The number of aromatic nitrogens is 2. The largest absolute Gasteiger partial charge is 0.354 e. The van der Waals surface area contributed by atoms with Crippen LogP contribution in [0.15, 0.2) is 24.4 Å². The van der Waals surface area contributed by atoms with Gasteiger partial charge in [-0.2, -0.15) is 4.98 Å². The number of nitrogens with one attached hydrogen (secondary N) is 2. The molecule has 0 fully saturated rings. The second kappa shape index (κ2) is 6.52. The minimum absolute atomic E-state index is 0.103. The number of halogens is 2. The Bertz CT molecular complexity index is 604. The smallest absolute Gasteiger partial charge is 0.224 e. The number of nitrogens with zero attached hydrogens (tertiary/aromatic N) is 2. The lowest BCUT2D eigenvalue weighted by atomic mass is 10.2. The third-order valence-electron chi connectivity index (χ3n) is 2.65. The molecule has 6 heteroatoms. The van der Waals surface area contributed by atoms with Gasteiger partial charge in [0.05, 0.1) is 16.9 Å². The molecule has 106 valence electrons. The zero-order valence-electron chi connectivity index (χ0n) is 11.4. The standard InChI is InChI=1S/C14H16ClFN4/c1-3-6-17-14-18-8-11(16)13(20-14)19-12-7-9(2)4-5-10(12)15/h4-5,7-8H,3,6H2,1-2H3,(H2,17,18,19,20). The third kappa shape index (κ3) is 3.57. The molecule has 2 rings (SSSR count). The third-order valence-corrected chi connectivity index (χ3v) is 2.98. The molecule has 20 heavy (non-hydrogen) atoms. The van der Waals surface area contributed by atoms with Crippen molar-refractivity contribution in [3.8, 4) is 0 Å². The Morgan fingerprint density at radius 3 is 2.90 bits per heavy atom. The van der Waals surface area contributed by atoms with Gasteiger partial charge in [-0.1, -0.05) is 24.6 Å². The van der Waals surface area contributed by atoms with E-state index < -0.39 is 5.82 Å². The van der Waals surface area contributed by atoms with Crippen molar-refractivity contribution in [2.45, 2.75) is 20.3 Å². The average molecular weight is 295 g/mol. The Morgan fingerprint density at radius 1 is 1.35 bits per heavy atom. The van der Waals surface area contributed by atoms with Crippen LogP contribution in [0.3, 0.4) is 0 Å². The molecule has 0 amide bonds. The van der Waals surface area contributed by atoms with Crippen LogP contribution in [-0.4, -0.2) is 16.5 Å². The van der Waals surface area contributed by atoms with Gasteiger partial charge in [-0.3, -0.25) is 0 Å². The first kappa shape index (κ1) is 14.5. The zero-order valence-corrected chi connectivity index (χ0v) is 12.1. The van der Waals surface area contributed by atoms with Crippen molar-refractivity contribution in [2.75, 3.05) is 17.2 Å². The van der Waals surface area contributed by atoms with Crippen LogP contribution >= 0.6 is 11.6 Å². The van der Waals surface area contributed by atoms with Crippen LogP contribution in [0.4, 0.5) is 21.8 Å². The molecule has 0 aliphatic carbocycles. The second-order valence-electron chi connectivity index (χ2n) is 4.43. The molecule has 1 aromatic heterocycles. The highest BCUT2D eigenvalue weighted by atomic mass is 35.5. The van der Waals surface area contributed by atoms with Gasteiger partial charge in [0.15, 0.2) is 11.6 Å². The minimum Gasteiger partial charge on any atom is -0.354 e. The molecule has 0 saturated heterocycles. The fraction of sp³-hybridized carbons (Fsp3) is 0.286. The summed E-state index contributed by atoms with van der Waals surface area (Å²) >= 11 is 6.08. The summed E-state index contributed by atoms with van der Waals surface area (Å²) in [5.41, 5.74) is 1.64. The van der Waals surface area contributed by atoms with E-state index in [0.717, 1.165) is 24.7 Å². The highest BCUT2D eigenvalue weighted by Crippen LogP contribution is 2.26. The summed E-state index contributed by atoms with van der Waals surface area (Å²) in [5, 5.41) is 6.42. The summed E-state index contributed by atoms with van der Waals surface area (Å²) in [7, 11) is 0. The maximum absolute atomic E-state index is 13.8. The monoisotopic (exact) mass is 294 g/mol. The number of rotatable bonds is 5. The van der Waals surface area contributed by atoms with Gasteiger partial charge in [0.2, 0.25) is 5.95 Å². The van der Waals surface area contributed by atoms with E-state index >= 15 is 0 Å². The van der Waals surface area contributed by atoms with Gasteiger partial charge in [-0.05, 0) is 31.0 Å². The molecule has 0 aliphatic rings. The molecule has 0 radical (unpaired) electrons. The van der Waals surface area contributed by atoms with Crippen molar-refractivity contribution in [3.05, 3.63) is 40.8 Å². The molecule has 0 bridgehead atoms. The quantitative estimate of drug-likeness (QED) is 0.870. The van der Waals surface area contributed by atoms with Crippen LogP contribution in [0.5, 0.6) is 0 Å². The molecule has 0 spiro atoms. The van der Waals surface area contributed by atoms with E-state index in [1.54, 1.807) is 6.07 Å². The van der Waals surface area contributed by atoms with E-state index in [4.69, 9.17) is 11.6 Å². The van der Waals surface area contributed by atoms with Crippen LogP contribution in [-0.2, 0) is 0 Å². The fourth-order valence-electron chi connectivity index (χ4n) is 1.64. The van der Waals surface area contributed by atoms with Gasteiger partial charge >= 0.3 is 0 Å². The van der Waals surface area contributed by atoms with E-state index in [1.165, 1.54) is 0 Å². The Kier molecular flexibility index (Phi) is 4.74. The van der Waals surface area contributed by atoms with Crippen molar-refractivity contribution < 1.29 is 4.39 Å². The number of benzene rings is 1. The summed E-state index contributed by atoms with van der Waals surface area (Å²) in [4.78, 5) is 8.00. The molecule has 1 heterocycles. The maximum atomic E-state index is 13.8. The van der Waals surface area contributed by atoms with E-state index in [2.05, 4.69) is 20.6 Å². The Labute approximate surface area is 122 Å². The van der Waals surface area contributed by atoms with Crippen molar-refractivity contribution in [3.63, 3.8) is 0 Å². The zero-order chi connectivity index (χ0) is 14.5. The highest BCUT2D eigenvalue weighted by molar-refractivity contribution is 6.33. The molecule has 2 aromatic rings. The van der Waals surface area contributed by atoms with E-state index in [0.29, 0.717) is 16.7 Å². The van der Waals surface area contributed by atoms with Crippen molar-refractivity contribution in [2.24, 2.45) is 0 Å². The van der Waals surface area contributed by atoms with Crippen molar-refractivity contribution >= 4 is 29.1 Å². The van der Waals surface area contributed by atoms with Crippen LogP contribution in [0.25, 0.3) is 0 Å². The lowest BCUT2D eigenvalue weighted by Gasteiger charge is -2.10. The summed E-state index contributed by atoms with van der Waals surface area (Å²) in [6.07, 6.45) is 2.07. The predicted octanol–water partition coefficient (Wildman–Crippen LogP) is 4.14. The van der Waals surface area contributed by atoms with Gasteiger partial charge in [0.25, 0.3) is 0 Å². The summed E-state index contributed by atoms with van der Waals surface area (Å²) in [6.45, 7) is 4.70. The summed E-state index contributed by atoms with van der Waals surface area (Å²) in [5.74, 6) is -0.0322. The van der Waals surface area contributed by atoms with Crippen LogP contribution in [0.2, 0.25) is 5.02 Å². The fourth-order valence-corrected chi connectivity index (χ4v) is 1.80. The molecule has 2 N–H and O–H groups in total. The van der Waals surface area contributed by atoms with Crippen LogP contribution < -0.4 is 10.6 Å². The van der Waals surface area contributed by atoms with Gasteiger partial charge in [-0.15, -0.1) is 0 Å². The molecular formula is C14H16ClFN4. The molecule has 4 nitrogen and oxygen atoms in total. The van der Waals surface area contributed by atoms with E-state index in [9.17, 15) is 4.39 Å². The number of aryl methyl sites for hydroxylation is 1. The first-order chi connectivity index (χ1) is 9.60. The summed E-state index contributed by atoms with van der Waals surface area (Å²) in [6, 6.07) is 5.48. The van der Waals surface area contributed by atoms with Gasteiger partial charge in [-0.25, -0.2) is 9.37 Å².